The van der Waals surface area contributed by atoms with Gasteiger partial charge in [0.1, 0.15) is 0 Å². The second-order valence-electron chi connectivity index (χ2n) is 5.24. The van der Waals surface area contributed by atoms with Crippen LogP contribution in [0.4, 0.5) is 27.6 Å². The van der Waals surface area contributed by atoms with Crippen LogP contribution in [-0.2, 0) is 20.5 Å². The molecule has 0 spiro atoms. The van der Waals surface area contributed by atoms with Crippen LogP contribution in [0, 0.1) is 11.6 Å². The van der Waals surface area contributed by atoms with Crippen molar-refractivity contribution in [2.75, 3.05) is 11.9 Å². The molecule has 1 amide bonds. The Bertz CT molecular complexity index is 860. The van der Waals surface area contributed by atoms with Gasteiger partial charge < -0.3 is 10.1 Å². The fourth-order valence-electron chi connectivity index (χ4n) is 1.90. The Morgan fingerprint density at radius 2 is 1.67 bits per heavy atom. The van der Waals surface area contributed by atoms with Crippen LogP contribution in [0.3, 0.4) is 0 Å². The highest BCUT2D eigenvalue weighted by Crippen LogP contribution is 2.29. The van der Waals surface area contributed by atoms with Gasteiger partial charge in [-0.05, 0) is 35.9 Å². The number of amides is 1. The van der Waals surface area contributed by atoms with Crippen LogP contribution < -0.4 is 5.32 Å². The van der Waals surface area contributed by atoms with E-state index in [-0.39, 0.29) is 5.69 Å². The maximum absolute atomic E-state index is 13.0. The molecule has 0 saturated heterocycles. The van der Waals surface area contributed by atoms with Gasteiger partial charge in [0.2, 0.25) is 0 Å². The third-order valence-corrected chi connectivity index (χ3v) is 3.20. The number of rotatable bonds is 5. The van der Waals surface area contributed by atoms with Crippen LogP contribution in [0.15, 0.2) is 48.5 Å². The lowest BCUT2D eigenvalue weighted by Gasteiger charge is -2.06. The fraction of sp³-hybridized carbons (Fsp3) is 0.111. The van der Waals surface area contributed by atoms with E-state index >= 15 is 0 Å². The maximum atomic E-state index is 13.0. The predicted octanol–water partition coefficient (Wildman–Crippen LogP) is 4.18. The Kier molecular flexibility index (Phi) is 6.27. The molecule has 0 aliphatic rings. The third kappa shape index (κ3) is 6.21. The molecule has 2 aromatic carbocycles. The molecule has 2 aromatic rings. The third-order valence-electron chi connectivity index (χ3n) is 3.20. The summed E-state index contributed by atoms with van der Waals surface area (Å²) in [5.41, 5.74) is -0.516. The lowest BCUT2D eigenvalue weighted by atomic mass is 10.1. The number of hydrogen-bond acceptors (Lipinski definition) is 3. The first-order chi connectivity index (χ1) is 12.6. The highest BCUT2D eigenvalue weighted by atomic mass is 19.4. The average Bonchev–Trinajstić information content (AvgIpc) is 2.61. The van der Waals surface area contributed by atoms with Crippen LogP contribution in [-0.4, -0.2) is 18.5 Å². The van der Waals surface area contributed by atoms with E-state index in [0.717, 1.165) is 36.4 Å². The van der Waals surface area contributed by atoms with E-state index < -0.39 is 41.9 Å². The number of halogens is 5. The molecule has 0 bridgehead atoms. The normalized spacial score (nSPS) is 11.4. The first-order valence-corrected chi connectivity index (χ1v) is 7.42. The second-order valence-corrected chi connectivity index (χ2v) is 5.24. The summed E-state index contributed by atoms with van der Waals surface area (Å²) in [5, 5.41) is 2.21. The molecular formula is C18H12F5NO3. The number of esters is 1. The molecule has 0 saturated carbocycles. The summed E-state index contributed by atoms with van der Waals surface area (Å²) in [7, 11) is 0. The Morgan fingerprint density at radius 3 is 2.26 bits per heavy atom. The van der Waals surface area contributed by atoms with Gasteiger partial charge in [-0.15, -0.1) is 0 Å². The number of anilines is 1. The summed E-state index contributed by atoms with van der Waals surface area (Å²) < 4.78 is 67.7. The van der Waals surface area contributed by atoms with Crippen molar-refractivity contribution < 1.29 is 36.3 Å². The smallest absolute Gasteiger partial charge is 0.416 e. The van der Waals surface area contributed by atoms with Gasteiger partial charge in [-0.1, -0.05) is 12.1 Å². The van der Waals surface area contributed by atoms with Crippen LogP contribution >= 0.6 is 0 Å². The molecule has 0 aliphatic heterocycles. The summed E-state index contributed by atoms with van der Waals surface area (Å²) in [5.74, 6) is -3.91. The van der Waals surface area contributed by atoms with Crippen LogP contribution in [0.5, 0.6) is 0 Å². The van der Waals surface area contributed by atoms with E-state index in [1.165, 1.54) is 18.2 Å². The van der Waals surface area contributed by atoms with Gasteiger partial charge in [0.15, 0.2) is 18.2 Å². The van der Waals surface area contributed by atoms with Crippen molar-refractivity contribution in [1.82, 2.24) is 0 Å². The van der Waals surface area contributed by atoms with E-state index in [2.05, 4.69) is 10.1 Å². The quantitative estimate of drug-likeness (QED) is 0.477. The van der Waals surface area contributed by atoms with Crippen molar-refractivity contribution in [3.8, 4) is 0 Å². The highest BCUT2D eigenvalue weighted by Gasteiger charge is 2.29. The lowest BCUT2D eigenvalue weighted by Crippen LogP contribution is -2.20. The number of benzene rings is 2. The van der Waals surface area contributed by atoms with Crippen molar-refractivity contribution in [1.29, 1.82) is 0 Å². The van der Waals surface area contributed by atoms with E-state index in [1.807, 2.05) is 0 Å². The van der Waals surface area contributed by atoms with Crippen molar-refractivity contribution in [2.24, 2.45) is 0 Å². The predicted molar refractivity (Wildman–Crippen MR) is 86.4 cm³/mol. The molecule has 0 fully saturated rings. The molecule has 0 aromatic heterocycles. The first-order valence-electron chi connectivity index (χ1n) is 7.42. The Hall–Kier alpha value is -3.23. The molecular weight excluding hydrogens is 373 g/mol. The molecule has 0 heterocycles. The van der Waals surface area contributed by atoms with Gasteiger partial charge >= 0.3 is 12.1 Å². The van der Waals surface area contributed by atoms with E-state index in [0.29, 0.717) is 5.56 Å². The standard InChI is InChI=1S/C18H12F5NO3/c19-14-7-6-13(9-15(14)20)24-16(25)10-27-17(26)8-3-11-1-4-12(5-2-11)18(21,22)23/h1-9H,10H2,(H,24,25)/b8-3+. The molecule has 0 atom stereocenters. The van der Waals surface area contributed by atoms with Gasteiger partial charge in [-0.25, -0.2) is 13.6 Å². The van der Waals surface area contributed by atoms with E-state index in [4.69, 9.17) is 0 Å². The van der Waals surface area contributed by atoms with Crippen molar-refractivity contribution in [3.05, 3.63) is 71.3 Å². The van der Waals surface area contributed by atoms with Crippen molar-refractivity contribution in [2.45, 2.75) is 6.18 Å². The van der Waals surface area contributed by atoms with Crippen LogP contribution in [0.25, 0.3) is 6.08 Å². The first kappa shape index (κ1) is 20.1. The zero-order valence-corrected chi connectivity index (χ0v) is 13.5. The molecule has 4 nitrogen and oxygen atoms in total. The molecule has 1 N–H and O–H groups in total. The molecule has 0 aliphatic carbocycles. The van der Waals surface area contributed by atoms with Crippen LogP contribution in [0.2, 0.25) is 0 Å². The number of carbonyl (C=O) groups excluding carboxylic acids is 2. The number of nitrogens with one attached hydrogen (secondary N) is 1. The summed E-state index contributed by atoms with van der Waals surface area (Å²) in [6.07, 6.45) is -2.30. The monoisotopic (exact) mass is 385 g/mol. The van der Waals surface area contributed by atoms with Crippen molar-refractivity contribution >= 4 is 23.6 Å². The number of carbonyl (C=O) groups is 2. The number of ether oxygens (including phenoxy) is 1. The molecule has 0 radical (unpaired) electrons. The number of alkyl halides is 3. The fourth-order valence-corrected chi connectivity index (χ4v) is 1.90. The summed E-state index contributed by atoms with van der Waals surface area (Å²) in [6, 6.07) is 6.78. The zero-order valence-electron chi connectivity index (χ0n) is 13.5. The second kappa shape index (κ2) is 8.43. The van der Waals surface area contributed by atoms with Gasteiger partial charge in [-0.2, -0.15) is 13.2 Å². The maximum Gasteiger partial charge on any atom is 0.416 e. The van der Waals surface area contributed by atoms with E-state index in [9.17, 15) is 31.5 Å². The minimum Gasteiger partial charge on any atom is -0.452 e. The largest absolute Gasteiger partial charge is 0.452 e. The molecule has 27 heavy (non-hydrogen) atoms. The molecule has 0 unspecified atom stereocenters. The van der Waals surface area contributed by atoms with E-state index in [1.54, 1.807) is 0 Å². The zero-order chi connectivity index (χ0) is 20.0. The molecule has 2 rings (SSSR count). The molecule has 9 heteroatoms. The van der Waals surface area contributed by atoms with Crippen molar-refractivity contribution in [3.63, 3.8) is 0 Å². The van der Waals surface area contributed by atoms with Crippen LogP contribution in [0.1, 0.15) is 11.1 Å². The van der Waals surface area contributed by atoms with Gasteiger partial charge in [0.05, 0.1) is 5.56 Å². The Morgan fingerprint density at radius 1 is 1.00 bits per heavy atom. The summed E-state index contributed by atoms with van der Waals surface area (Å²) in [4.78, 5) is 23.1. The van der Waals surface area contributed by atoms with Gasteiger partial charge in [0, 0.05) is 17.8 Å². The highest BCUT2D eigenvalue weighted by molar-refractivity contribution is 5.94. The average molecular weight is 385 g/mol. The summed E-state index contributed by atoms with van der Waals surface area (Å²) >= 11 is 0. The van der Waals surface area contributed by atoms with Gasteiger partial charge in [0.25, 0.3) is 5.91 Å². The topological polar surface area (TPSA) is 55.4 Å². The lowest BCUT2D eigenvalue weighted by molar-refractivity contribution is -0.142. The SMILES string of the molecule is O=C(COC(=O)/C=C/c1ccc(C(F)(F)F)cc1)Nc1ccc(F)c(F)c1. The minimum absolute atomic E-state index is 0.0183. The number of hydrogen-bond donors (Lipinski definition) is 1. The molecule has 142 valence electrons. The van der Waals surface area contributed by atoms with Gasteiger partial charge in [-0.3, -0.25) is 4.79 Å². The Balaban J connectivity index is 1.83. The summed E-state index contributed by atoms with van der Waals surface area (Å²) in [6.45, 7) is -0.685. The Labute approximate surface area is 150 Å². The minimum atomic E-state index is -4.46.